The molecule has 0 spiro atoms. The molecule has 16 heavy (non-hydrogen) atoms. The van der Waals surface area contributed by atoms with E-state index in [1.165, 1.54) is 0 Å². The number of benzene rings is 1. The minimum absolute atomic E-state index is 0.396. The molecule has 4 nitrogen and oxygen atoms in total. The molecule has 0 aliphatic carbocycles. The molecule has 0 unspecified atom stereocenters. The molecule has 0 N–H and O–H groups in total. The van der Waals surface area contributed by atoms with Gasteiger partial charge in [0.25, 0.3) is 0 Å². The van der Waals surface area contributed by atoms with Crippen LogP contribution < -0.4 is 5.63 Å². The zero-order valence-electron chi connectivity index (χ0n) is 8.90. The number of nitrogens with zero attached hydrogens (tertiary/aromatic N) is 1. The molecule has 2 heterocycles. The van der Waals surface area contributed by atoms with Gasteiger partial charge in [0.1, 0.15) is 11.0 Å². The Morgan fingerprint density at radius 3 is 2.88 bits per heavy atom. The maximum atomic E-state index is 11.7. The van der Waals surface area contributed by atoms with Gasteiger partial charge in [-0.1, -0.05) is 11.2 Å². The van der Waals surface area contributed by atoms with E-state index in [1.807, 2.05) is 25.1 Å². The summed E-state index contributed by atoms with van der Waals surface area (Å²) in [6.45, 7) is 3.66. The van der Waals surface area contributed by atoms with E-state index >= 15 is 0 Å². The van der Waals surface area contributed by atoms with Gasteiger partial charge in [0.05, 0.1) is 11.1 Å². The Morgan fingerprint density at radius 1 is 1.25 bits per heavy atom. The predicted octanol–water partition coefficient (Wildman–Crippen LogP) is 2.55. The fourth-order valence-electron chi connectivity index (χ4n) is 1.85. The highest BCUT2D eigenvalue weighted by molar-refractivity contribution is 6.01. The molecule has 80 valence electrons. The number of rotatable bonds is 0. The molecule has 0 aliphatic heterocycles. The van der Waals surface area contributed by atoms with Gasteiger partial charge in [0, 0.05) is 0 Å². The molecule has 0 aliphatic rings. The number of aryl methyl sites for hydroxylation is 2. The molecule has 3 rings (SSSR count). The maximum Gasteiger partial charge on any atom is 0.349 e. The highest BCUT2D eigenvalue weighted by Crippen LogP contribution is 2.24. The molecule has 0 amide bonds. The van der Waals surface area contributed by atoms with Gasteiger partial charge < -0.3 is 8.94 Å². The largest absolute Gasteiger partial charge is 0.422 e. The van der Waals surface area contributed by atoms with E-state index in [9.17, 15) is 4.79 Å². The highest BCUT2D eigenvalue weighted by atomic mass is 16.5. The van der Waals surface area contributed by atoms with E-state index in [2.05, 4.69) is 5.16 Å². The molecule has 4 heteroatoms. The van der Waals surface area contributed by atoms with Crippen molar-refractivity contribution in [2.24, 2.45) is 0 Å². The van der Waals surface area contributed by atoms with Crippen LogP contribution >= 0.6 is 0 Å². The summed E-state index contributed by atoms with van der Waals surface area (Å²) < 4.78 is 10.4. The predicted molar refractivity (Wildman–Crippen MR) is 59.5 cm³/mol. The van der Waals surface area contributed by atoms with Crippen LogP contribution in [0.4, 0.5) is 0 Å². The first-order chi connectivity index (χ1) is 7.66. The zero-order valence-corrected chi connectivity index (χ0v) is 8.90. The van der Waals surface area contributed by atoms with Crippen LogP contribution in [-0.4, -0.2) is 5.16 Å². The second kappa shape index (κ2) is 2.95. The summed E-state index contributed by atoms with van der Waals surface area (Å²) in [5.74, 6) is 0. The van der Waals surface area contributed by atoms with Crippen molar-refractivity contribution in [2.75, 3.05) is 0 Å². The maximum absolute atomic E-state index is 11.7. The lowest BCUT2D eigenvalue weighted by Crippen LogP contribution is -1.99. The number of hydrogen-bond donors (Lipinski definition) is 0. The molecule has 0 atom stereocenters. The van der Waals surface area contributed by atoms with Crippen LogP contribution in [-0.2, 0) is 0 Å². The Hall–Kier alpha value is -2.10. The molecular formula is C12H9NO3. The average molecular weight is 215 g/mol. The summed E-state index contributed by atoms with van der Waals surface area (Å²) in [4.78, 5) is 11.7. The molecule has 0 bridgehead atoms. The summed E-state index contributed by atoms with van der Waals surface area (Å²) in [7, 11) is 0. The van der Waals surface area contributed by atoms with E-state index in [0.717, 1.165) is 10.9 Å². The van der Waals surface area contributed by atoms with Crippen LogP contribution in [0, 0.1) is 13.8 Å². The molecule has 0 saturated carbocycles. The van der Waals surface area contributed by atoms with Crippen LogP contribution in [0.1, 0.15) is 11.3 Å². The first-order valence-electron chi connectivity index (χ1n) is 4.96. The van der Waals surface area contributed by atoms with Crippen LogP contribution in [0.25, 0.3) is 21.9 Å². The average Bonchev–Trinajstić information content (AvgIpc) is 2.61. The number of fused-ring (bicyclic) bond motifs is 3. The van der Waals surface area contributed by atoms with Crippen LogP contribution in [0.3, 0.4) is 0 Å². The number of aromatic nitrogens is 1. The fraction of sp³-hybridized carbons (Fsp3) is 0.167. The summed E-state index contributed by atoms with van der Waals surface area (Å²) in [5, 5.41) is 5.00. The quantitative estimate of drug-likeness (QED) is 0.541. The van der Waals surface area contributed by atoms with E-state index in [1.54, 1.807) is 6.92 Å². The summed E-state index contributed by atoms with van der Waals surface area (Å²) >= 11 is 0. The van der Waals surface area contributed by atoms with Gasteiger partial charge in [-0.25, -0.2) is 4.79 Å². The standard InChI is InChI=1S/C12H9NO3/c1-6-3-4-8-9(5-6)15-12(14)10-7(2)13-16-11(8)10/h3-5H,1-2H3. The summed E-state index contributed by atoms with van der Waals surface area (Å²) in [6, 6.07) is 5.63. The van der Waals surface area contributed by atoms with Gasteiger partial charge in [-0.2, -0.15) is 0 Å². The monoisotopic (exact) mass is 215 g/mol. The molecule has 0 saturated heterocycles. The lowest BCUT2D eigenvalue weighted by Gasteiger charge is -1.97. The molecule has 0 radical (unpaired) electrons. The van der Waals surface area contributed by atoms with Gasteiger partial charge >= 0.3 is 5.63 Å². The smallest absolute Gasteiger partial charge is 0.349 e. The number of hydrogen-bond acceptors (Lipinski definition) is 4. The highest BCUT2D eigenvalue weighted by Gasteiger charge is 2.14. The minimum atomic E-state index is -0.396. The van der Waals surface area contributed by atoms with Crippen molar-refractivity contribution >= 4 is 21.9 Å². The third kappa shape index (κ3) is 1.10. The van der Waals surface area contributed by atoms with Gasteiger partial charge in [0.2, 0.25) is 0 Å². The lowest BCUT2D eigenvalue weighted by molar-refractivity contribution is 0.451. The molecular weight excluding hydrogens is 206 g/mol. The van der Waals surface area contributed by atoms with Gasteiger partial charge in [-0.15, -0.1) is 0 Å². The second-order valence-corrected chi connectivity index (χ2v) is 3.86. The second-order valence-electron chi connectivity index (χ2n) is 3.86. The fourth-order valence-corrected chi connectivity index (χ4v) is 1.85. The summed E-state index contributed by atoms with van der Waals surface area (Å²) in [5.41, 5.74) is 2.24. The van der Waals surface area contributed by atoms with Crippen LogP contribution in [0.15, 0.2) is 31.9 Å². The van der Waals surface area contributed by atoms with Gasteiger partial charge in [-0.3, -0.25) is 0 Å². The van der Waals surface area contributed by atoms with Crippen molar-refractivity contribution in [2.45, 2.75) is 13.8 Å². The summed E-state index contributed by atoms with van der Waals surface area (Å²) in [6.07, 6.45) is 0. The van der Waals surface area contributed by atoms with Crippen LogP contribution in [0.5, 0.6) is 0 Å². The third-order valence-corrected chi connectivity index (χ3v) is 2.65. The SMILES string of the molecule is Cc1ccc2c(c1)oc(=O)c1c(C)noc12. The van der Waals surface area contributed by atoms with Crippen molar-refractivity contribution in [3.05, 3.63) is 39.9 Å². The Labute approximate surface area is 90.5 Å². The Balaban J connectivity index is 2.65. The van der Waals surface area contributed by atoms with E-state index in [0.29, 0.717) is 22.2 Å². The molecule has 1 aromatic carbocycles. The molecule has 0 fully saturated rings. The van der Waals surface area contributed by atoms with Crippen molar-refractivity contribution in [3.8, 4) is 0 Å². The van der Waals surface area contributed by atoms with Crippen molar-refractivity contribution in [1.82, 2.24) is 5.16 Å². The van der Waals surface area contributed by atoms with Gasteiger partial charge in [-0.05, 0) is 31.5 Å². The van der Waals surface area contributed by atoms with E-state index in [4.69, 9.17) is 8.94 Å². The Kier molecular flexibility index (Phi) is 1.68. The third-order valence-electron chi connectivity index (χ3n) is 2.65. The van der Waals surface area contributed by atoms with Crippen LogP contribution in [0.2, 0.25) is 0 Å². The van der Waals surface area contributed by atoms with Crippen molar-refractivity contribution in [1.29, 1.82) is 0 Å². The van der Waals surface area contributed by atoms with Gasteiger partial charge in [0.15, 0.2) is 5.58 Å². The molecule has 3 aromatic rings. The van der Waals surface area contributed by atoms with Crippen molar-refractivity contribution < 1.29 is 8.94 Å². The lowest BCUT2D eigenvalue weighted by atomic mass is 10.1. The zero-order chi connectivity index (χ0) is 11.3. The first-order valence-corrected chi connectivity index (χ1v) is 4.96. The van der Waals surface area contributed by atoms with E-state index in [-0.39, 0.29) is 0 Å². The van der Waals surface area contributed by atoms with Crippen molar-refractivity contribution in [3.63, 3.8) is 0 Å². The normalized spacial score (nSPS) is 11.4. The first kappa shape index (κ1) is 9.15. The molecule has 2 aromatic heterocycles. The van der Waals surface area contributed by atoms with E-state index < -0.39 is 5.63 Å². The Bertz CT molecular complexity index is 752. The Morgan fingerprint density at radius 2 is 2.06 bits per heavy atom. The topological polar surface area (TPSA) is 56.2 Å². The minimum Gasteiger partial charge on any atom is -0.422 e.